The fourth-order valence-electron chi connectivity index (χ4n) is 1.23. The highest BCUT2D eigenvalue weighted by atomic mass is 35.5. The standard InChI is InChI=1S/C12H11ClO3/c1-16-10-7-4-6-9(5-2-3-8-13)11(10)12(14)15/h4,6-7H,3,8H2,1H3,(H,14,15). The van der Waals surface area contributed by atoms with Crippen LogP contribution in [0.5, 0.6) is 5.75 Å². The summed E-state index contributed by atoms with van der Waals surface area (Å²) in [5.41, 5.74) is 0.532. The molecule has 1 rings (SSSR count). The zero-order valence-corrected chi connectivity index (χ0v) is 9.54. The largest absolute Gasteiger partial charge is 0.496 e. The van der Waals surface area contributed by atoms with E-state index in [2.05, 4.69) is 11.8 Å². The van der Waals surface area contributed by atoms with E-state index in [0.717, 1.165) is 0 Å². The van der Waals surface area contributed by atoms with Crippen molar-refractivity contribution >= 4 is 17.6 Å². The Morgan fingerprint density at radius 1 is 1.56 bits per heavy atom. The third kappa shape index (κ3) is 2.91. The quantitative estimate of drug-likeness (QED) is 0.650. The highest BCUT2D eigenvalue weighted by Gasteiger charge is 2.14. The predicted octanol–water partition coefficient (Wildman–Crippen LogP) is 2.37. The van der Waals surface area contributed by atoms with Crippen LogP contribution >= 0.6 is 11.6 Å². The molecule has 84 valence electrons. The lowest BCUT2D eigenvalue weighted by Crippen LogP contribution is -2.03. The Hall–Kier alpha value is -1.66. The van der Waals surface area contributed by atoms with Gasteiger partial charge in [-0.05, 0) is 12.1 Å². The maximum absolute atomic E-state index is 11.1. The fraction of sp³-hybridized carbons (Fsp3) is 0.250. The van der Waals surface area contributed by atoms with E-state index in [1.807, 2.05) is 0 Å². The average molecular weight is 239 g/mol. The third-order valence-corrected chi connectivity index (χ3v) is 2.09. The van der Waals surface area contributed by atoms with Gasteiger partial charge in [0.05, 0.1) is 7.11 Å². The van der Waals surface area contributed by atoms with Gasteiger partial charge in [0.1, 0.15) is 11.3 Å². The van der Waals surface area contributed by atoms with Gasteiger partial charge in [0.2, 0.25) is 0 Å². The molecule has 0 radical (unpaired) electrons. The van der Waals surface area contributed by atoms with Crippen LogP contribution in [0.2, 0.25) is 0 Å². The van der Waals surface area contributed by atoms with Crippen LogP contribution in [-0.2, 0) is 0 Å². The number of methoxy groups -OCH3 is 1. The van der Waals surface area contributed by atoms with Crippen molar-refractivity contribution in [2.24, 2.45) is 0 Å². The average Bonchev–Trinajstić information content (AvgIpc) is 2.28. The summed E-state index contributed by atoms with van der Waals surface area (Å²) in [6.07, 6.45) is 0.526. The van der Waals surface area contributed by atoms with Gasteiger partial charge in [0.15, 0.2) is 0 Å². The van der Waals surface area contributed by atoms with E-state index in [0.29, 0.717) is 23.6 Å². The Morgan fingerprint density at radius 3 is 2.88 bits per heavy atom. The SMILES string of the molecule is COc1cccc(C#CCCCl)c1C(=O)O. The Morgan fingerprint density at radius 2 is 2.31 bits per heavy atom. The predicted molar refractivity (Wildman–Crippen MR) is 62.2 cm³/mol. The molecule has 0 atom stereocenters. The molecule has 0 unspecified atom stereocenters. The second-order valence-corrected chi connectivity index (χ2v) is 3.31. The minimum absolute atomic E-state index is 0.0899. The molecule has 0 aliphatic rings. The second kappa shape index (κ2) is 6.04. The van der Waals surface area contributed by atoms with Crippen molar-refractivity contribution in [2.75, 3.05) is 13.0 Å². The van der Waals surface area contributed by atoms with Crippen molar-refractivity contribution < 1.29 is 14.6 Å². The van der Waals surface area contributed by atoms with Crippen LogP contribution in [0, 0.1) is 11.8 Å². The van der Waals surface area contributed by atoms with Crippen LogP contribution in [0.25, 0.3) is 0 Å². The number of hydrogen-bond acceptors (Lipinski definition) is 2. The molecular weight excluding hydrogens is 228 g/mol. The zero-order valence-electron chi connectivity index (χ0n) is 8.79. The van der Waals surface area contributed by atoms with E-state index in [1.54, 1.807) is 18.2 Å². The van der Waals surface area contributed by atoms with Crippen molar-refractivity contribution in [3.8, 4) is 17.6 Å². The molecule has 0 aromatic heterocycles. The van der Waals surface area contributed by atoms with E-state index in [-0.39, 0.29) is 5.56 Å². The molecule has 16 heavy (non-hydrogen) atoms. The molecule has 0 saturated heterocycles. The fourth-order valence-corrected chi connectivity index (χ4v) is 1.33. The van der Waals surface area contributed by atoms with E-state index < -0.39 is 5.97 Å². The van der Waals surface area contributed by atoms with Crippen molar-refractivity contribution in [3.05, 3.63) is 29.3 Å². The summed E-state index contributed by atoms with van der Waals surface area (Å²) in [5, 5.41) is 9.06. The lowest BCUT2D eigenvalue weighted by atomic mass is 10.1. The number of ether oxygens (including phenoxy) is 1. The van der Waals surface area contributed by atoms with Gasteiger partial charge in [-0.15, -0.1) is 11.6 Å². The highest BCUT2D eigenvalue weighted by Crippen LogP contribution is 2.21. The maximum Gasteiger partial charge on any atom is 0.340 e. The molecule has 0 bridgehead atoms. The van der Waals surface area contributed by atoms with Crippen LogP contribution < -0.4 is 4.74 Å². The molecule has 0 saturated carbocycles. The summed E-state index contributed by atoms with van der Waals surface area (Å²) in [5.74, 6) is 5.26. The van der Waals surface area contributed by atoms with E-state index in [4.69, 9.17) is 21.4 Å². The van der Waals surface area contributed by atoms with Gasteiger partial charge in [-0.2, -0.15) is 0 Å². The van der Waals surface area contributed by atoms with Gasteiger partial charge in [-0.3, -0.25) is 0 Å². The lowest BCUT2D eigenvalue weighted by molar-refractivity contribution is 0.0693. The van der Waals surface area contributed by atoms with Crippen LogP contribution in [0.4, 0.5) is 0 Å². The molecule has 0 heterocycles. The molecule has 1 aromatic rings. The number of aromatic carboxylic acids is 1. The second-order valence-electron chi connectivity index (χ2n) is 2.93. The number of benzene rings is 1. The topological polar surface area (TPSA) is 46.5 Å². The molecule has 0 amide bonds. The van der Waals surface area contributed by atoms with Gasteiger partial charge >= 0.3 is 5.97 Å². The number of carboxylic acids is 1. The molecule has 0 spiro atoms. The highest BCUT2D eigenvalue weighted by molar-refractivity contribution is 6.18. The summed E-state index contributed by atoms with van der Waals surface area (Å²) in [4.78, 5) is 11.1. The Kier molecular flexibility index (Phi) is 4.68. The number of carboxylic acid groups (broad SMARTS) is 1. The zero-order chi connectivity index (χ0) is 12.0. The van der Waals surface area contributed by atoms with Crippen LogP contribution in [0.3, 0.4) is 0 Å². The first kappa shape index (κ1) is 12.4. The summed E-state index contributed by atoms with van der Waals surface area (Å²) in [6.45, 7) is 0. The minimum Gasteiger partial charge on any atom is -0.496 e. The van der Waals surface area contributed by atoms with E-state index in [1.165, 1.54) is 7.11 Å². The van der Waals surface area contributed by atoms with Crippen molar-refractivity contribution in [1.82, 2.24) is 0 Å². The first-order valence-corrected chi connectivity index (χ1v) is 5.19. The molecule has 3 nitrogen and oxygen atoms in total. The first-order valence-electron chi connectivity index (χ1n) is 4.65. The van der Waals surface area contributed by atoms with Gasteiger partial charge in [0, 0.05) is 17.9 Å². The number of hydrogen-bond donors (Lipinski definition) is 1. The normalized spacial score (nSPS) is 9.12. The molecule has 4 heteroatoms. The summed E-state index contributed by atoms with van der Waals surface area (Å²) in [6, 6.07) is 4.94. The van der Waals surface area contributed by atoms with Gasteiger partial charge in [-0.25, -0.2) is 4.79 Å². The molecule has 1 aromatic carbocycles. The Labute approximate surface area is 99.0 Å². The number of rotatable bonds is 3. The molecule has 0 aliphatic heterocycles. The van der Waals surface area contributed by atoms with Crippen LogP contribution in [0.15, 0.2) is 18.2 Å². The third-order valence-electron chi connectivity index (χ3n) is 1.90. The molecule has 0 aliphatic carbocycles. The summed E-state index contributed by atoms with van der Waals surface area (Å²) in [7, 11) is 1.43. The van der Waals surface area contributed by atoms with Crippen molar-refractivity contribution in [2.45, 2.75) is 6.42 Å². The minimum atomic E-state index is -1.05. The molecule has 0 fully saturated rings. The van der Waals surface area contributed by atoms with Crippen molar-refractivity contribution in [3.63, 3.8) is 0 Å². The van der Waals surface area contributed by atoms with Crippen LogP contribution in [-0.4, -0.2) is 24.1 Å². The first-order chi connectivity index (χ1) is 7.70. The number of alkyl halides is 1. The number of carbonyl (C=O) groups is 1. The monoisotopic (exact) mass is 238 g/mol. The summed E-state index contributed by atoms with van der Waals surface area (Å²) < 4.78 is 4.98. The summed E-state index contributed by atoms with van der Waals surface area (Å²) >= 11 is 5.49. The number of halogens is 1. The van der Waals surface area contributed by atoms with Gasteiger partial charge < -0.3 is 9.84 Å². The Bertz CT molecular complexity index is 443. The van der Waals surface area contributed by atoms with Gasteiger partial charge in [0.25, 0.3) is 0 Å². The van der Waals surface area contributed by atoms with E-state index >= 15 is 0 Å². The smallest absolute Gasteiger partial charge is 0.340 e. The Balaban J connectivity index is 3.19. The van der Waals surface area contributed by atoms with Crippen molar-refractivity contribution in [1.29, 1.82) is 0 Å². The lowest BCUT2D eigenvalue weighted by Gasteiger charge is -2.05. The molecular formula is C12H11ClO3. The van der Waals surface area contributed by atoms with E-state index in [9.17, 15) is 4.79 Å². The van der Waals surface area contributed by atoms with Crippen LogP contribution in [0.1, 0.15) is 22.3 Å². The maximum atomic E-state index is 11.1. The van der Waals surface area contributed by atoms with Gasteiger partial charge in [-0.1, -0.05) is 17.9 Å². The molecule has 1 N–H and O–H groups in total.